The van der Waals surface area contributed by atoms with E-state index in [2.05, 4.69) is 61.2 Å². The van der Waals surface area contributed by atoms with Crippen molar-refractivity contribution in [3.05, 3.63) is 18.3 Å². The Balaban J connectivity index is 2.45. The molecular formula is C16H30N4. The van der Waals surface area contributed by atoms with Crippen LogP contribution in [0.25, 0.3) is 0 Å². The summed E-state index contributed by atoms with van der Waals surface area (Å²) in [6.07, 6.45) is 2.96. The molecule has 0 aromatic carbocycles. The van der Waals surface area contributed by atoms with Crippen molar-refractivity contribution in [3.8, 4) is 0 Å². The Labute approximate surface area is 124 Å². The number of rotatable bonds is 9. The van der Waals surface area contributed by atoms with Gasteiger partial charge in [-0.05, 0) is 40.2 Å². The first-order valence-electron chi connectivity index (χ1n) is 7.74. The monoisotopic (exact) mass is 278 g/mol. The molecule has 0 aliphatic rings. The summed E-state index contributed by atoms with van der Waals surface area (Å²) in [7, 11) is 0. The first kappa shape index (κ1) is 16.8. The zero-order valence-electron chi connectivity index (χ0n) is 13.6. The Morgan fingerprint density at radius 2 is 1.80 bits per heavy atom. The largest absolute Gasteiger partial charge is 0.384 e. The highest BCUT2D eigenvalue weighted by atomic mass is 15.2. The molecule has 0 fully saturated rings. The summed E-state index contributed by atoms with van der Waals surface area (Å²) >= 11 is 0. The third-order valence-corrected chi connectivity index (χ3v) is 3.34. The fourth-order valence-corrected chi connectivity index (χ4v) is 2.33. The summed E-state index contributed by atoms with van der Waals surface area (Å²) < 4.78 is 0. The van der Waals surface area contributed by atoms with Crippen LogP contribution in [0.3, 0.4) is 0 Å². The number of hydrogen-bond acceptors (Lipinski definition) is 4. The van der Waals surface area contributed by atoms with Crippen LogP contribution in [-0.2, 0) is 0 Å². The normalized spacial score (nSPS) is 11.4. The second kappa shape index (κ2) is 8.80. The van der Waals surface area contributed by atoms with Gasteiger partial charge in [-0.1, -0.05) is 6.92 Å². The second-order valence-electron chi connectivity index (χ2n) is 5.71. The SMILES string of the molecule is CCCNc1cc(NCCN(C(C)C)C(C)C)ccn1. The van der Waals surface area contributed by atoms with Crippen LogP contribution < -0.4 is 10.6 Å². The molecule has 0 radical (unpaired) electrons. The predicted molar refractivity (Wildman–Crippen MR) is 88.5 cm³/mol. The highest BCUT2D eigenvalue weighted by Crippen LogP contribution is 2.12. The molecule has 0 spiro atoms. The molecule has 4 nitrogen and oxygen atoms in total. The predicted octanol–water partition coefficient (Wildman–Crippen LogP) is 3.43. The van der Waals surface area contributed by atoms with Gasteiger partial charge in [0.2, 0.25) is 0 Å². The van der Waals surface area contributed by atoms with Crippen molar-refractivity contribution in [2.45, 2.75) is 53.1 Å². The van der Waals surface area contributed by atoms with Gasteiger partial charge in [-0.3, -0.25) is 4.90 Å². The third-order valence-electron chi connectivity index (χ3n) is 3.34. The van der Waals surface area contributed by atoms with E-state index in [1.165, 1.54) is 0 Å². The summed E-state index contributed by atoms with van der Waals surface area (Å²) in [5, 5.41) is 6.79. The fraction of sp³-hybridized carbons (Fsp3) is 0.688. The van der Waals surface area contributed by atoms with Crippen molar-refractivity contribution in [3.63, 3.8) is 0 Å². The molecule has 4 heteroatoms. The average Bonchev–Trinajstić information content (AvgIpc) is 2.41. The fourth-order valence-electron chi connectivity index (χ4n) is 2.33. The summed E-state index contributed by atoms with van der Waals surface area (Å²) in [4.78, 5) is 6.81. The maximum atomic E-state index is 4.32. The van der Waals surface area contributed by atoms with Gasteiger partial charge in [0, 0.05) is 49.7 Å². The first-order valence-corrected chi connectivity index (χ1v) is 7.74. The number of nitrogens with one attached hydrogen (secondary N) is 2. The third kappa shape index (κ3) is 5.78. The van der Waals surface area contributed by atoms with Crippen molar-refractivity contribution in [1.29, 1.82) is 0 Å². The molecule has 114 valence electrons. The summed E-state index contributed by atoms with van der Waals surface area (Å²) in [5.41, 5.74) is 1.13. The van der Waals surface area contributed by atoms with Crippen LogP contribution in [0.2, 0.25) is 0 Å². The standard InChI is InChI=1S/C16H30N4/c1-6-8-18-16-12-15(7-9-19-16)17-10-11-20(13(2)3)14(4)5/h7,9,12-14H,6,8,10-11H2,1-5H3,(H2,17,18,19). The van der Waals surface area contributed by atoms with E-state index in [1.54, 1.807) is 0 Å². The van der Waals surface area contributed by atoms with Gasteiger partial charge in [0.25, 0.3) is 0 Å². The smallest absolute Gasteiger partial charge is 0.127 e. The van der Waals surface area contributed by atoms with Crippen LogP contribution >= 0.6 is 0 Å². The Morgan fingerprint density at radius 1 is 1.10 bits per heavy atom. The van der Waals surface area contributed by atoms with Gasteiger partial charge in [0.15, 0.2) is 0 Å². The van der Waals surface area contributed by atoms with Gasteiger partial charge in [-0.15, -0.1) is 0 Å². The minimum absolute atomic E-state index is 0.580. The number of pyridine rings is 1. The molecule has 1 heterocycles. The number of aromatic nitrogens is 1. The van der Waals surface area contributed by atoms with E-state index in [-0.39, 0.29) is 0 Å². The van der Waals surface area contributed by atoms with E-state index >= 15 is 0 Å². The van der Waals surface area contributed by atoms with Crippen LogP contribution in [-0.4, -0.2) is 41.6 Å². The lowest BCUT2D eigenvalue weighted by Crippen LogP contribution is -2.40. The highest BCUT2D eigenvalue weighted by Gasteiger charge is 2.12. The van der Waals surface area contributed by atoms with E-state index in [4.69, 9.17) is 0 Å². The lowest BCUT2D eigenvalue weighted by Gasteiger charge is -2.30. The Hall–Kier alpha value is -1.29. The molecule has 0 bridgehead atoms. The van der Waals surface area contributed by atoms with Gasteiger partial charge in [-0.2, -0.15) is 0 Å². The number of hydrogen-bond donors (Lipinski definition) is 2. The zero-order chi connectivity index (χ0) is 15.0. The quantitative estimate of drug-likeness (QED) is 0.726. The van der Waals surface area contributed by atoms with Crippen molar-refractivity contribution in [2.75, 3.05) is 30.3 Å². The molecule has 20 heavy (non-hydrogen) atoms. The van der Waals surface area contributed by atoms with Gasteiger partial charge in [0.05, 0.1) is 0 Å². The zero-order valence-corrected chi connectivity index (χ0v) is 13.6. The Morgan fingerprint density at radius 3 is 2.40 bits per heavy atom. The molecule has 0 unspecified atom stereocenters. The molecule has 0 aliphatic carbocycles. The van der Waals surface area contributed by atoms with Crippen LogP contribution in [0.15, 0.2) is 18.3 Å². The van der Waals surface area contributed by atoms with Gasteiger partial charge < -0.3 is 10.6 Å². The maximum absolute atomic E-state index is 4.32. The number of nitrogens with zero attached hydrogens (tertiary/aromatic N) is 2. The highest BCUT2D eigenvalue weighted by molar-refractivity contribution is 5.51. The molecule has 0 saturated heterocycles. The lowest BCUT2D eigenvalue weighted by atomic mass is 10.2. The molecule has 0 aliphatic heterocycles. The summed E-state index contributed by atoms with van der Waals surface area (Å²) in [6, 6.07) is 5.25. The second-order valence-corrected chi connectivity index (χ2v) is 5.71. The van der Waals surface area contributed by atoms with E-state index in [9.17, 15) is 0 Å². The molecule has 2 N–H and O–H groups in total. The van der Waals surface area contributed by atoms with E-state index in [0.29, 0.717) is 12.1 Å². The van der Waals surface area contributed by atoms with Gasteiger partial charge >= 0.3 is 0 Å². The first-order chi connectivity index (χ1) is 9.54. The molecule has 0 atom stereocenters. The maximum Gasteiger partial charge on any atom is 0.127 e. The van der Waals surface area contributed by atoms with Crippen molar-refractivity contribution < 1.29 is 0 Å². The van der Waals surface area contributed by atoms with E-state index in [0.717, 1.165) is 37.6 Å². The van der Waals surface area contributed by atoms with Gasteiger partial charge in [-0.25, -0.2) is 4.98 Å². The molecule has 1 rings (SSSR count). The molecule has 1 aromatic rings. The average molecular weight is 278 g/mol. The lowest BCUT2D eigenvalue weighted by molar-refractivity contribution is 0.182. The topological polar surface area (TPSA) is 40.2 Å². The van der Waals surface area contributed by atoms with Crippen LogP contribution in [0.1, 0.15) is 41.0 Å². The minimum atomic E-state index is 0.580. The summed E-state index contributed by atoms with van der Waals surface area (Å²) in [6.45, 7) is 14.1. The molecular weight excluding hydrogens is 248 g/mol. The van der Waals surface area contributed by atoms with Crippen LogP contribution in [0, 0.1) is 0 Å². The molecule has 1 aromatic heterocycles. The molecule has 0 saturated carbocycles. The van der Waals surface area contributed by atoms with Crippen molar-refractivity contribution in [1.82, 2.24) is 9.88 Å². The minimum Gasteiger partial charge on any atom is -0.384 e. The van der Waals surface area contributed by atoms with E-state index in [1.807, 2.05) is 12.3 Å². The van der Waals surface area contributed by atoms with Crippen LogP contribution in [0.4, 0.5) is 11.5 Å². The Kier molecular flexibility index (Phi) is 7.37. The van der Waals surface area contributed by atoms with Crippen LogP contribution in [0.5, 0.6) is 0 Å². The summed E-state index contributed by atoms with van der Waals surface area (Å²) in [5.74, 6) is 0.946. The van der Waals surface area contributed by atoms with Crippen molar-refractivity contribution in [2.24, 2.45) is 0 Å². The van der Waals surface area contributed by atoms with E-state index < -0.39 is 0 Å². The number of anilines is 2. The van der Waals surface area contributed by atoms with Gasteiger partial charge in [0.1, 0.15) is 5.82 Å². The Bertz CT molecular complexity index is 368. The molecule has 0 amide bonds. The van der Waals surface area contributed by atoms with Crippen molar-refractivity contribution >= 4 is 11.5 Å².